The molecule has 0 aromatic rings. The van der Waals surface area contributed by atoms with Crippen molar-refractivity contribution in [3.63, 3.8) is 0 Å². The Kier molecular flexibility index (Phi) is 4.48. The molecule has 7 heteroatoms. The summed E-state index contributed by atoms with van der Waals surface area (Å²) in [4.78, 5) is 34.4. The van der Waals surface area contributed by atoms with Crippen LogP contribution in [0.2, 0.25) is 0 Å². The number of rotatable bonds is 5. The number of ether oxygens (including phenoxy) is 1. The third-order valence-electron chi connectivity index (χ3n) is 4.12. The van der Waals surface area contributed by atoms with Crippen molar-refractivity contribution in [1.29, 1.82) is 5.26 Å². The normalized spacial score (nSPS) is 32.4. The number of hydrogen-bond acceptors (Lipinski definition) is 6. The highest BCUT2D eigenvalue weighted by molar-refractivity contribution is 5.83. The topological polar surface area (TPSA) is 110 Å². The molecule has 0 aliphatic heterocycles. The van der Waals surface area contributed by atoms with Gasteiger partial charge in [0.05, 0.1) is 18.6 Å². The maximum atomic E-state index is 12.1. The Bertz CT molecular complexity index is 484. The maximum Gasteiger partial charge on any atom is 0.327 e. The lowest BCUT2D eigenvalue weighted by Crippen LogP contribution is -2.47. The van der Waals surface area contributed by atoms with Gasteiger partial charge in [-0.2, -0.15) is 5.26 Å². The van der Waals surface area contributed by atoms with Gasteiger partial charge in [0.15, 0.2) is 5.41 Å². The molecule has 0 amide bonds. The van der Waals surface area contributed by atoms with Gasteiger partial charge in [0.25, 0.3) is 0 Å². The molecule has 0 aromatic heterocycles. The van der Waals surface area contributed by atoms with E-state index in [2.05, 4.69) is 0 Å². The van der Waals surface area contributed by atoms with Crippen LogP contribution in [0.3, 0.4) is 0 Å². The molecular weight excluding hydrogens is 264 g/mol. The first-order valence-corrected chi connectivity index (χ1v) is 6.47. The summed E-state index contributed by atoms with van der Waals surface area (Å²) in [7, 11) is 0. The maximum absolute atomic E-state index is 12.1. The van der Waals surface area contributed by atoms with Gasteiger partial charge in [0, 0.05) is 24.7 Å². The van der Waals surface area contributed by atoms with Gasteiger partial charge in [-0.1, -0.05) is 0 Å². The highest BCUT2D eigenvalue weighted by atomic mass is 16.6. The van der Waals surface area contributed by atoms with Crippen molar-refractivity contribution in [1.82, 2.24) is 0 Å². The van der Waals surface area contributed by atoms with Gasteiger partial charge in [0.2, 0.25) is 5.54 Å². The number of Topliss-reactive ketones (excluding diaryl/α,β-unsaturated/α-hetero) is 1. The quantitative estimate of drug-likeness (QED) is 0.429. The molecule has 1 fully saturated rings. The van der Waals surface area contributed by atoms with Gasteiger partial charge >= 0.3 is 5.97 Å². The Morgan fingerprint density at radius 1 is 1.50 bits per heavy atom. The standard InChI is InChI=1S/C13H18N2O5/c1-4-20-11(17)13(8-14)6-5-12(3,15(18)19)10(13)7-9(2)16/h10H,4-7H2,1-3H3/t10-,12-,13+/m1/s1. The smallest absolute Gasteiger partial charge is 0.327 e. The second kappa shape index (κ2) is 5.57. The molecular formula is C13H18N2O5. The third-order valence-corrected chi connectivity index (χ3v) is 4.12. The summed E-state index contributed by atoms with van der Waals surface area (Å²) >= 11 is 0. The largest absolute Gasteiger partial charge is 0.465 e. The number of carbonyl (C=O) groups is 2. The molecule has 20 heavy (non-hydrogen) atoms. The zero-order valence-electron chi connectivity index (χ0n) is 11.8. The molecule has 0 radical (unpaired) electrons. The van der Waals surface area contributed by atoms with Gasteiger partial charge < -0.3 is 9.53 Å². The highest BCUT2D eigenvalue weighted by Crippen LogP contribution is 2.52. The Labute approximate surface area is 117 Å². The van der Waals surface area contributed by atoms with Crippen LogP contribution in [0, 0.1) is 32.8 Å². The van der Waals surface area contributed by atoms with Crippen molar-refractivity contribution in [3.8, 4) is 6.07 Å². The van der Waals surface area contributed by atoms with E-state index in [-0.39, 0.29) is 31.7 Å². The van der Waals surface area contributed by atoms with E-state index in [4.69, 9.17) is 4.74 Å². The lowest BCUT2D eigenvalue weighted by molar-refractivity contribution is -0.573. The average molecular weight is 282 g/mol. The van der Waals surface area contributed by atoms with Crippen molar-refractivity contribution < 1.29 is 19.2 Å². The first-order chi connectivity index (χ1) is 9.24. The van der Waals surface area contributed by atoms with Crippen molar-refractivity contribution in [2.45, 2.75) is 45.6 Å². The zero-order valence-corrected chi connectivity index (χ0v) is 11.8. The fourth-order valence-electron chi connectivity index (χ4n) is 2.91. The van der Waals surface area contributed by atoms with E-state index in [1.54, 1.807) is 6.92 Å². The Hall–Kier alpha value is -1.97. The molecule has 1 aliphatic rings. The summed E-state index contributed by atoms with van der Waals surface area (Å²) in [6, 6.07) is 1.90. The summed E-state index contributed by atoms with van der Waals surface area (Å²) in [5.41, 5.74) is -3.07. The summed E-state index contributed by atoms with van der Waals surface area (Å²) in [5, 5.41) is 20.8. The molecule has 0 bridgehead atoms. The van der Waals surface area contributed by atoms with E-state index in [0.29, 0.717) is 0 Å². The molecule has 0 saturated heterocycles. The molecule has 0 heterocycles. The summed E-state index contributed by atoms with van der Waals surface area (Å²) in [5.74, 6) is -2.01. The minimum absolute atomic E-state index is 0.0394. The number of carbonyl (C=O) groups excluding carboxylic acids is 2. The van der Waals surface area contributed by atoms with Crippen molar-refractivity contribution in [3.05, 3.63) is 10.1 Å². The lowest BCUT2D eigenvalue weighted by Gasteiger charge is -2.30. The average Bonchev–Trinajstić information content (AvgIpc) is 2.65. The molecule has 0 spiro atoms. The first kappa shape index (κ1) is 16.1. The van der Waals surface area contributed by atoms with Crippen LogP contribution in [0.15, 0.2) is 0 Å². The lowest BCUT2D eigenvalue weighted by atomic mass is 9.71. The van der Waals surface area contributed by atoms with E-state index < -0.39 is 27.8 Å². The molecule has 110 valence electrons. The number of hydrogen-bond donors (Lipinski definition) is 0. The van der Waals surface area contributed by atoms with E-state index in [1.165, 1.54) is 13.8 Å². The Balaban J connectivity index is 3.31. The third kappa shape index (κ3) is 2.38. The van der Waals surface area contributed by atoms with Crippen LogP contribution in [-0.4, -0.2) is 28.8 Å². The van der Waals surface area contributed by atoms with Crippen LogP contribution in [0.25, 0.3) is 0 Å². The van der Waals surface area contributed by atoms with Gasteiger partial charge in [-0.25, -0.2) is 0 Å². The fourth-order valence-corrected chi connectivity index (χ4v) is 2.91. The van der Waals surface area contributed by atoms with Crippen LogP contribution >= 0.6 is 0 Å². The van der Waals surface area contributed by atoms with Crippen LogP contribution in [0.5, 0.6) is 0 Å². The number of nitrogens with zero attached hydrogens (tertiary/aromatic N) is 2. The second-order valence-electron chi connectivity index (χ2n) is 5.38. The minimum Gasteiger partial charge on any atom is -0.465 e. The van der Waals surface area contributed by atoms with Gasteiger partial charge in [-0.05, 0) is 20.3 Å². The van der Waals surface area contributed by atoms with Gasteiger partial charge in [0.1, 0.15) is 5.78 Å². The molecule has 1 rings (SSSR count). The van der Waals surface area contributed by atoms with E-state index in [0.717, 1.165) is 0 Å². The van der Waals surface area contributed by atoms with Crippen LogP contribution in [0.1, 0.15) is 40.0 Å². The van der Waals surface area contributed by atoms with Crippen LogP contribution in [-0.2, 0) is 14.3 Å². The van der Waals surface area contributed by atoms with Gasteiger partial charge in [-0.3, -0.25) is 14.9 Å². The molecule has 0 aromatic carbocycles. The molecule has 1 saturated carbocycles. The minimum atomic E-state index is -1.61. The molecule has 3 atom stereocenters. The molecule has 0 unspecified atom stereocenters. The van der Waals surface area contributed by atoms with Crippen molar-refractivity contribution >= 4 is 11.8 Å². The predicted octanol–water partition coefficient (Wildman–Crippen LogP) is 1.48. The monoisotopic (exact) mass is 282 g/mol. The van der Waals surface area contributed by atoms with Crippen molar-refractivity contribution in [2.75, 3.05) is 6.61 Å². The SMILES string of the molecule is CCOC(=O)[C@]1(C#N)CC[C@@](C)([N+](=O)[O-])[C@H]1CC(C)=O. The van der Waals surface area contributed by atoms with Gasteiger partial charge in [-0.15, -0.1) is 0 Å². The fraction of sp³-hybridized carbons (Fsp3) is 0.769. The predicted molar refractivity (Wildman–Crippen MR) is 68.1 cm³/mol. The Morgan fingerprint density at radius 2 is 2.10 bits per heavy atom. The Morgan fingerprint density at radius 3 is 2.50 bits per heavy atom. The van der Waals surface area contributed by atoms with Crippen LogP contribution < -0.4 is 0 Å². The molecule has 1 aliphatic carbocycles. The number of esters is 1. The zero-order chi connectivity index (χ0) is 15.6. The van der Waals surface area contributed by atoms with E-state index >= 15 is 0 Å². The number of nitriles is 1. The van der Waals surface area contributed by atoms with Crippen molar-refractivity contribution in [2.24, 2.45) is 11.3 Å². The number of ketones is 1. The summed E-state index contributed by atoms with van der Waals surface area (Å²) < 4.78 is 4.91. The van der Waals surface area contributed by atoms with Crippen LogP contribution in [0.4, 0.5) is 0 Å². The van der Waals surface area contributed by atoms with E-state index in [1.807, 2.05) is 6.07 Å². The molecule has 7 nitrogen and oxygen atoms in total. The highest BCUT2D eigenvalue weighted by Gasteiger charge is 2.66. The number of nitro groups is 1. The summed E-state index contributed by atoms with van der Waals surface area (Å²) in [6.45, 7) is 4.37. The summed E-state index contributed by atoms with van der Waals surface area (Å²) in [6.07, 6.45) is -0.0636. The molecule has 0 N–H and O–H groups in total. The second-order valence-corrected chi connectivity index (χ2v) is 5.38. The first-order valence-electron chi connectivity index (χ1n) is 6.47. The van der Waals surface area contributed by atoms with E-state index in [9.17, 15) is 25.0 Å².